The maximum Gasteiger partial charge on any atom is 0.255 e. The Morgan fingerprint density at radius 2 is 1.07 bits per heavy atom. The summed E-state index contributed by atoms with van der Waals surface area (Å²) in [5.74, 6) is 2.01. The van der Waals surface area contributed by atoms with Crippen molar-refractivity contribution in [3.8, 4) is 45.4 Å². The van der Waals surface area contributed by atoms with Crippen LogP contribution in [-0.2, 0) is 24.4 Å². The van der Waals surface area contributed by atoms with E-state index in [1.807, 2.05) is 160 Å². The Morgan fingerprint density at radius 1 is 0.467 bits per heavy atom. The Bertz CT molecular complexity index is 2960. The normalized spacial score (nSPS) is 11.1. The lowest BCUT2D eigenvalue weighted by atomic mass is 10.0. The molecule has 8 aromatic rings. The van der Waals surface area contributed by atoms with E-state index < -0.39 is 0 Å². The Balaban J connectivity index is 0.905. The second-order valence-electron chi connectivity index (χ2n) is 14.7. The predicted molar refractivity (Wildman–Crippen MR) is 235 cm³/mol. The fourth-order valence-corrected chi connectivity index (χ4v) is 7.16. The quantitative estimate of drug-likeness (QED) is 0.116. The van der Waals surface area contributed by atoms with Crippen LogP contribution in [0.3, 0.4) is 0 Å². The van der Waals surface area contributed by atoms with Crippen LogP contribution in [0, 0.1) is 13.8 Å². The summed E-state index contributed by atoms with van der Waals surface area (Å²) in [5.41, 5.74) is 9.71. The number of hydrogen-bond donors (Lipinski definition) is 0. The molecule has 3 aromatic heterocycles. The fourth-order valence-electron chi connectivity index (χ4n) is 7.16. The van der Waals surface area contributed by atoms with Gasteiger partial charge in [-0.05, 0) is 144 Å². The molecule has 9 heteroatoms. The maximum atomic E-state index is 13.2. The largest absolute Gasteiger partial charge is 0.489 e. The van der Waals surface area contributed by atoms with Crippen LogP contribution in [-0.4, -0.2) is 20.8 Å². The summed E-state index contributed by atoms with van der Waals surface area (Å²) in [6.07, 6.45) is 6.15. The van der Waals surface area contributed by atoms with Crippen LogP contribution >= 0.6 is 0 Å². The number of methoxy groups -OCH3 is 1. The molecule has 60 heavy (non-hydrogen) atoms. The molecule has 5 aromatic carbocycles. The minimum Gasteiger partial charge on any atom is -0.489 e. The van der Waals surface area contributed by atoms with E-state index in [2.05, 4.69) is 0 Å². The van der Waals surface area contributed by atoms with Crippen molar-refractivity contribution < 1.29 is 14.2 Å². The molecule has 0 bridgehead atoms. The van der Waals surface area contributed by atoms with Crippen molar-refractivity contribution >= 4 is 0 Å². The number of benzene rings is 5. The molecule has 0 aliphatic heterocycles. The second kappa shape index (κ2) is 17.6. The summed E-state index contributed by atoms with van der Waals surface area (Å²) in [4.78, 5) is 38.6. The van der Waals surface area contributed by atoms with Crippen LogP contribution in [0.4, 0.5) is 0 Å². The van der Waals surface area contributed by atoms with Crippen molar-refractivity contribution in [1.82, 2.24) is 13.7 Å². The first-order valence-corrected chi connectivity index (χ1v) is 19.6. The zero-order valence-corrected chi connectivity index (χ0v) is 33.6. The smallest absolute Gasteiger partial charge is 0.255 e. The summed E-state index contributed by atoms with van der Waals surface area (Å²) < 4.78 is 22.4. The average Bonchev–Trinajstić information content (AvgIpc) is 3.26. The van der Waals surface area contributed by atoms with E-state index in [0.717, 1.165) is 61.6 Å². The molecule has 0 spiro atoms. The van der Waals surface area contributed by atoms with Gasteiger partial charge in [0.15, 0.2) is 0 Å². The highest BCUT2D eigenvalue weighted by Crippen LogP contribution is 2.27. The van der Waals surface area contributed by atoms with Gasteiger partial charge in [0.2, 0.25) is 0 Å². The molecular formula is C51H43N3O6. The van der Waals surface area contributed by atoms with E-state index in [-0.39, 0.29) is 16.7 Å². The molecule has 0 aliphatic rings. The van der Waals surface area contributed by atoms with E-state index in [1.165, 1.54) is 0 Å². The molecule has 0 unspecified atom stereocenters. The van der Waals surface area contributed by atoms with Crippen molar-refractivity contribution in [1.29, 1.82) is 0 Å². The number of hydrogen-bond acceptors (Lipinski definition) is 6. The highest BCUT2D eigenvalue weighted by atomic mass is 16.5. The molecule has 298 valence electrons. The standard InChI is InChI=1S/C51H43N3O6/c1-35-10-24-49(55)52(30-35)43-18-22-46(23-19-43)60-47-9-5-6-38(28-47)26-39-13-25-50(56)54(32-39)44-16-20-45(21-17-44)59-34-40-7-4-8-41(27-40)48-29-51(57)53(31-36(48)2)42-14-11-37(12-15-42)33-58-3/h4-25,27-32H,26,33-34H2,1-3H3. The molecule has 3 heterocycles. The van der Waals surface area contributed by atoms with Crippen molar-refractivity contribution in [2.24, 2.45) is 0 Å². The molecule has 0 amide bonds. The third-order valence-corrected chi connectivity index (χ3v) is 10.2. The monoisotopic (exact) mass is 793 g/mol. The topological polar surface area (TPSA) is 93.7 Å². The van der Waals surface area contributed by atoms with Gasteiger partial charge in [0.25, 0.3) is 16.7 Å². The number of aromatic nitrogens is 3. The Hall–Kier alpha value is -7.49. The van der Waals surface area contributed by atoms with Crippen LogP contribution < -0.4 is 26.2 Å². The third-order valence-electron chi connectivity index (χ3n) is 10.2. The third kappa shape index (κ3) is 9.12. The number of aryl methyl sites for hydroxylation is 2. The van der Waals surface area contributed by atoms with Crippen molar-refractivity contribution in [2.75, 3.05) is 7.11 Å². The summed E-state index contributed by atoms with van der Waals surface area (Å²) in [5, 5.41) is 0. The van der Waals surface area contributed by atoms with Crippen molar-refractivity contribution in [3.63, 3.8) is 0 Å². The summed E-state index contributed by atoms with van der Waals surface area (Å²) >= 11 is 0. The van der Waals surface area contributed by atoms with Crippen LogP contribution in [0.15, 0.2) is 185 Å². The van der Waals surface area contributed by atoms with E-state index in [0.29, 0.717) is 36.9 Å². The van der Waals surface area contributed by atoms with E-state index in [4.69, 9.17) is 14.2 Å². The zero-order valence-electron chi connectivity index (χ0n) is 33.6. The van der Waals surface area contributed by atoms with E-state index >= 15 is 0 Å². The molecule has 0 saturated carbocycles. The van der Waals surface area contributed by atoms with Gasteiger partial charge in [-0.3, -0.25) is 28.1 Å². The van der Waals surface area contributed by atoms with E-state index in [1.54, 1.807) is 45.1 Å². The van der Waals surface area contributed by atoms with Crippen LogP contribution in [0.5, 0.6) is 17.2 Å². The van der Waals surface area contributed by atoms with Gasteiger partial charge in [-0.25, -0.2) is 0 Å². The maximum absolute atomic E-state index is 13.2. The SMILES string of the molecule is COCc1ccc(-n2cc(C)c(-c3cccc(COc4ccc(-n5cc(Cc6cccc(Oc7ccc(-n8cc(C)ccc8=O)cc7)c6)ccc5=O)cc4)c3)cc2=O)cc1. The van der Waals surface area contributed by atoms with Gasteiger partial charge in [0, 0.05) is 61.0 Å². The first-order valence-electron chi connectivity index (χ1n) is 19.6. The van der Waals surface area contributed by atoms with Gasteiger partial charge in [-0.15, -0.1) is 0 Å². The Morgan fingerprint density at radius 3 is 1.78 bits per heavy atom. The van der Waals surface area contributed by atoms with E-state index in [9.17, 15) is 14.4 Å². The lowest BCUT2D eigenvalue weighted by molar-refractivity contribution is 0.185. The first-order chi connectivity index (χ1) is 29.2. The van der Waals surface area contributed by atoms with Crippen molar-refractivity contribution in [3.05, 3.63) is 235 Å². The summed E-state index contributed by atoms with van der Waals surface area (Å²) in [7, 11) is 1.66. The molecule has 0 atom stereocenters. The Labute approximate surface area is 347 Å². The van der Waals surface area contributed by atoms with Gasteiger partial charge in [-0.1, -0.05) is 54.6 Å². The number of ether oxygens (including phenoxy) is 3. The van der Waals surface area contributed by atoms with Gasteiger partial charge in [0.05, 0.1) is 6.61 Å². The summed E-state index contributed by atoms with van der Waals surface area (Å²) in [6.45, 7) is 4.80. The fraction of sp³-hybridized carbons (Fsp3) is 0.118. The minimum absolute atomic E-state index is 0.0924. The average molecular weight is 794 g/mol. The molecule has 9 nitrogen and oxygen atoms in total. The second-order valence-corrected chi connectivity index (χ2v) is 14.7. The highest BCUT2D eigenvalue weighted by Gasteiger charge is 2.11. The molecular weight excluding hydrogens is 751 g/mol. The lowest BCUT2D eigenvalue weighted by Gasteiger charge is -2.13. The Kier molecular flexibility index (Phi) is 11.5. The molecule has 8 rings (SSSR count). The molecule has 0 N–H and O–H groups in total. The lowest BCUT2D eigenvalue weighted by Crippen LogP contribution is -2.17. The molecule has 0 saturated heterocycles. The highest BCUT2D eigenvalue weighted by molar-refractivity contribution is 5.67. The van der Waals surface area contributed by atoms with Crippen LogP contribution in [0.1, 0.15) is 33.4 Å². The predicted octanol–water partition coefficient (Wildman–Crippen LogP) is 9.53. The summed E-state index contributed by atoms with van der Waals surface area (Å²) in [6, 6.07) is 47.0. The van der Waals surface area contributed by atoms with Crippen molar-refractivity contribution in [2.45, 2.75) is 33.5 Å². The number of pyridine rings is 3. The van der Waals surface area contributed by atoms with Gasteiger partial charge in [-0.2, -0.15) is 0 Å². The molecule has 0 aliphatic carbocycles. The molecule has 0 radical (unpaired) electrons. The zero-order chi connectivity index (χ0) is 41.6. The number of rotatable bonds is 13. The van der Waals surface area contributed by atoms with Crippen LogP contribution in [0.2, 0.25) is 0 Å². The first kappa shape index (κ1) is 39.3. The minimum atomic E-state index is -0.138. The van der Waals surface area contributed by atoms with Gasteiger partial charge < -0.3 is 14.2 Å². The van der Waals surface area contributed by atoms with Gasteiger partial charge in [0.1, 0.15) is 23.9 Å². The van der Waals surface area contributed by atoms with Gasteiger partial charge >= 0.3 is 0 Å². The van der Waals surface area contributed by atoms with Crippen LogP contribution in [0.25, 0.3) is 28.2 Å². The number of nitrogens with zero attached hydrogens (tertiary/aromatic N) is 3. The molecule has 0 fully saturated rings.